The second-order valence-electron chi connectivity index (χ2n) is 5.65. The minimum Gasteiger partial charge on any atom is -0.303 e. The molecule has 0 aliphatic carbocycles. The fourth-order valence-electron chi connectivity index (χ4n) is 2.88. The monoisotopic (exact) mass is 268 g/mol. The summed E-state index contributed by atoms with van der Waals surface area (Å²) in [6, 6.07) is -0.0408. The molecule has 4 nitrogen and oxygen atoms in total. The van der Waals surface area contributed by atoms with Gasteiger partial charge in [-0.15, -0.1) is 0 Å². The first-order chi connectivity index (χ1) is 8.96. The van der Waals surface area contributed by atoms with Crippen molar-refractivity contribution in [2.45, 2.75) is 78.4 Å². The number of nitrogens with one attached hydrogen (secondary N) is 1. The summed E-state index contributed by atoms with van der Waals surface area (Å²) in [4.78, 5) is 25.7. The fraction of sp³-hybridized carbons (Fsp3) is 0.867. The third-order valence-corrected chi connectivity index (χ3v) is 4.43. The molecule has 3 atom stereocenters. The van der Waals surface area contributed by atoms with E-state index in [0.717, 1.165) is 19.3 Å². The minimum atomic E-state index is -0.322. The van der Waals surface area contributed by atoms with Crippen LogP contribution in [0.4, 0.5) is 0 Å². The largest absolute Gasteiger partial charge is 0.303 e. The van der Waals surface area contributed by atoms with E-state index in [1.54, 1.807) is 0 Å². The molecule has 0 spiro atoms. The van der Waals surface area contributed by atoms with Crippen LogP contribution in [0.2, 0.25) is 0 Å². The fourth-order valence-corrected chi connectivity index (χ4v) is 2.88. The summed E-state index contributed by atoms with van der Waals surface area (Å²) < 4.78 is 0. The van der Waals surface area contributed by atoms with Crippen molar-refractivity contribution >= 4 is 11.8 Å². The molecule has 1 fully saturated rings. The minimum absolute atomic E-state index is 0.00949. The first kappa shape index (κ1) is 16.2. The van der Waals surface area contributed by atoms with Crippen molar-refractivity contribution in [1.29, 1.82) is 0 Å². The Morgan fingerprint density at radius 2 is 1.74 bits per heavy atom. The molecular formula is C15H28N2O2. The van der Waals surface area contributed by atoms with Crippen molar-refractivity contribution in [1.82, 2.24) is 10.2 Å². The van der Waals surface area contributed by atoms with E-state index < -0.39 is 0 Å². The standard InChI is InChI=1S/C15H28N2O2/c1-6-10(4)17-14(18)9-13(15(17)19)16-11(5)12(7-2)8-3/h10-13,16H,6-9H2,1-5H3. The van der Waals surface area contributed by atoms with Gasteiger partial charge in [-0.3, -0.25) is 14.5 Å². The molecule has 0 radical (unpaired) electrons. The smallest absolute Gasteiger partial charge is 0.247 e. The molecule has 1 rings (SSSR count). The first-order valence-corrected chi connectivity index (χ1v) is 7.58. The molecule has 1 aliphatic heterocycles. The Morgan fingerprint density at radius 3 is 2.21 bits per heavy atom. The predicted molar refractivity (Wildman–Crippen MR) is 76.7 cm³/mol. The van der Waals surface area contributed by atoms with E-state index in [9.17, 15) is 9.59 Å². The summed E-state index contributed by atoms with van der Waals surface area (Å²) in [5.41, 5.74) is 0. The summed E-state index contributed by atoms with van der Waals surface area (Å²) in [6.45, 7) is 10.4. The Bertz CT molecular complexity index is 326. The normalized spacial score (nSPS) is 23.3. The van der Waals surface area contributed by atoms with Crippen LogP contribution in [0.5, 0.6) is 0 Å². The van der Waals surface area contributed by atoms with Crippen LogP contribution in [0.1, 0.15) is 60.3 Å². The van der Waals surface area contributed by atoms with Gasteiger partial charge in [-0.25, -0.2) is 0 Å². The number of nitrogens with zero attached hydrogens (tertiary/aromatic N) is 1. The predicted octanol–water partition coefficient (Wildman–Crippen LogP) is 2.33. The summed E-state index contributed by atoms with van der Waals surface area (Å²) in [6.07, 6.45) is 3.31. The third kappa shape index (κ3) is 3.56. The summed E-state index contributed by atoms with van der Waals surface area (Å²) in [5, 5.41) is 3.36. The molecule has 0 saturated carbocycles. The van der Waals surface area contributed by atoms with Gasteiger partial charge in [-0.1, -0.05) is 33.6 Å². The zero-order chi connectivity index (χ0) is 14.6. The molecule has 3 unspecified atom stereocenters. The van der Waals surface area contributed by atoms with Crippen LogP contribution in [0, 0.1) is 5.92 Å². The van der Waals surface area contributed by atoms with Crippen LogP contribution >= 0.6 is 0 Å². The van der Waals surface area contributed by atoms with E-state index >= 15 is 0 Å². The zero-order valence-electron chi connectivity index (χ0n) is 12.9. The van der Waals surface area contributed by atoms with Crippen LogP contribution in [0.25, 0.3) is 0 Å². The molecule has 1 saturated heterocycles. The molecule has 0 aromatic rings. The maximum atomic E-state index is 12.3. The first-order valence-electron chi connectivity index (χ1n) is 7.58. The van der Waals surface area contributed by atoms with Gasteiger partial charge in [0.25, 0.3) is 0 Å². The quantitative estimate of drug-likeness (QED) is 0.721. The van der Waals surface area contributed by atoms with Crippen molar-refractivity contribution in [2.24, 2.45) is 5.92 Å². The van der Waals surface area contributed by atoms with E-state index in [2.05, 4.69) is 26.1 Å². The van der Waals surface area contributed by atoms with Gasteiger partial charge in [-0.05, 0) is 26.2 Å². The highest BCUT2D eigenvalue weighted by molar-refractivity contribution is 6.05. The molecule has 4 heteroatoms. The number of carbonyl (C=O) groups is 2. The van der Waals surface area contributed by atoms with E-state index in [-0.39, 0.29) is 29.9 Å². The van der Waals surface area contributed by atoms with E-state index in [4.69, 9.17) is 0 Å². The van der Waals surface area contributed by atoms with Gasteiger partial charge in [0.2, 0.25) is 11.8 Å². The summed E-state index contributed by atoms with van der Waals surface area (Å²) in [5.74, 6) is 0.478. The Hall–Kier alpha value is -0.900. The van der Waals surface area contributed by atoms with Gasteiger partial charge in [0, 0.05) is 12.1 Å². The maximum Gasteiger partial charge on any atom is 0.247 e. The molecule has 0 bridgehead atoms. The number of likely N-dealkylation sites (tertiary alicyclic amines) is 1. The lowest BCUT2D eigenvalue weighted by Gasteiger charge is -2.26. The molecule has 2 amide bonds. The zero-order valence-corrected chi connectivity index (χ0v) is 12.9. The van der Waals surface area contributed by atoms with E-state index in [1.165, 1.54) is 4.90 Å². The number of carbonyl (C=O) groups excluding carboxylic acids is 2. The lowest BCUT2D eigenvalue weighted by Crippen LogP contribution is -2.47. The van der Waals surface area contributed by atoms with Gasteiger partial charge in [0.05, 0.1) is 12.5 Å². The van der Waals surface area contributed by atoms with Crippen molar-refractivity contribution < 1.29 is 9.59 Å². The van der Waals surface area contributed by atoms with Gasteiger partial charge < -0.3 is 5.32 Å². The van der Waals surface area contributed by atoms with Crippen LogP contribution < -0.4 is 5.32 Å². The molecular weight excluding hydrogens is 240 g/mol. The maximum absolute atomic E-state index is 12.3. The lowest BCUT2D eigenvalue weighted by molar-refractivity contribution is -0.141. The Balaban J connectivity index is 2.67. The molecule has 110 valence electrons. The van der Waals surface area contributed by atoms with Crippen LogP contribution in [-0.2, 0) is 9.59 Å². The van der Waals surface area contributed by atoms with Crippen molar-refractivity contribution in [2.75, 3.05) is 0 Å². The number of amides is 2. The van der Waals surface area contributed by atoms with Gasteiger partial charge in [0.15, 0.2) is 0 Å². The molecule has 0 aromatic heterocycles. The Labute approximate surface area is 116 Å². The van der Waals surface area contributed by atoms with E-state index in [0.29, 0.717) is 12.3 Å². The number of rotatable bonds is 7. The van der Waals surface area contributed by atoms with Crippen LogP contribution in [0.15, 0.2) is 0 Å². The second-order valence-corrected chi connectivity index (χ2v) is 5.65. The summed E-state index contributed by atoms with van der Waals surface area (Å²) >= 11 is 0. The molecule has 1 heterocycles. The van der Waals surface area contributed by atoms with Gasteiger partial charge in [0.1, 0.15) is 0 Å². The molecule has 1 aliphatic rings. The number of hydrogen-bond donors (Lipinski definition) is 1. The number of imide groups is 1. The van der Waals surface area contributed by atoms with Gasteiger partial charge in [-0.2, -0.15) is 0 Å². The SMILES string of the molecule is CCC(CC)C(C)NC1CC(=O)N(C(C)CC)C1=O. The van der Waals surface area contributed by atoms with Crippen molar-refractivity contribution in [3.8, 4) is 0 Å². The van der Waals surface area contributed by atoms with Gasteiger partial charge >= 0.3 is 0 Å². The van der Waals surface area contributed by atoms with Crippen molar-refractivity contribution in [3.05, 3.63) is 0 Å². The third-order valence-electron chi connectivity index (χ3n) is 4.43. The average Bonchev–Trinajstić information content (AvgIpc) is 2.65. The van der Waals surface area contributed by atoms with Crippen molar-refractivity contribution in [3.63, 3.8) is 0 Å². The topological polar surface area (TPSA) is 49.4 Å². The Kier molecular flexibility index (Phi) is 5.98. The molecule has 0 aromatic carbocycles. The average molecular weight is 268 g/mol. The Morgan fingerprint density at radius 1 is 1.16 bits per heavy atom. The second kappa shape index (κ2) is 7.04. The number of hydrogen-bond acceptors (Lipinski definition) is 3. The highest BCUT2D eigenvalue weighted by Gasteiger charge is 2.41. The molecule has 19 heavy (non-hydrogen) atoms. The highest BCUT2D eigenvalue weighted by atomic mass is 16.2. The van der Waals surface area contributed by atoms with Crippen LogP contribution in [-0.4, -0.2) is 34.8 Å². The van der Waals surface area contributed by atoms with E-state index in [1.807, 2.05) is 13.8 Å². The summed E-state index contributed by atoms with van der Waals surface area (Å²) in [7, 11) is 0. The molecule has 1 N–H and O–H groups in total. The van der Waals surface area contributed by atoms with Crippen LogP contribution in [0.3, 0.4) is 0 Å². The lowest BCUT2D eigenvalue weighted by atomic mass is 9.95. The highest BCUT2D eigenvalue weighted by Crippen LogP contribution is 2.20.